The van der Waals surface area contributed by atoms with Gasteiger partial charge in [0.2, 0.25) is 5.79 Å². The number of rotatable bonds is 2. The van der Waals surface area contributed by atoms with E-state index in [1.807, 2.05) is 0 Å². The summed E-state index contributed by atoms with van der Waals surface area (Å²) in [6.45, 7) is 1.41. The first kappa shape index (κ1) is 23.2. The zero-order chi connectivity index (χ0) is 25.3. The molecule has 1 saturated heterocycles. The molecule has 0 aromatic heterocycles. The van der Waals surface area contributed by atoms with E-state index >= 15 is 0 Å². The number of ketones is 2. The van der Waals surface area contributed by atoms with Crippen molar-refractivity contribution in [2.45, 2.75) is 40.9 Å². The van der Waals surface area contributed by atoms with Crippen molar-refractivity contribution in [3.05, 3.63) is 40.7 Å². The predicted molar refractivity (Wildman–Crippen MR) is 114 cm³/mol. The normalized spacial score (nSPS) is 44.8. The van der Waals surface area contributed by atoms with E-state index in [2.05, 4.69) is 0 Å². The van der Waals surface area contributed by atoms with Crippen LogP contribution in [0.25, 0.3) is 0 Å². The molecule has 4 aliphatic rings. The van der Waals surface area contributed by atoms with Crippen LogP contribution in [-0.2, 0) is 19.9 Å². The first-order chi connectivity index (χ1) is 15.6. The lowest BCUT2D eigenvalue weighted by molar-refractivity contribution is -0.328. The van der Waals surface area contributed by atoms with Crippen molar-refractivity contribution in [3.63, 3.8) is 0 Å². The molecule has 1 amide bonds. The number of phenolic OH excluding ortho intramolecular Hbond substituents is 1. The van der Waals surface area contributed by atoms with Gasteiger partial charge in [0.05, 0.1) is 23.6 Å². The molecule has 1 aliphatic heterocycles. The largest absolute Gasteiger partial charge is 0.508 e. The van der Waals surface area contributed by atoms with Crippen LogP contribution in [0.5, 0.6) is 5.75 Å². The summed E-state index contributed by atoms with van der Waals surface area (Å²) < 4.78 is 5.95. The van der Waals surface area contributed by atoms with Crippen LogP contribution in [0.1, 0.15) is 22.8 Å². The predicted octanol–water partition coefficient (Wildman–Crippen LogP) is -1.35. The quantitative estimate of drug-likeness (QED) is 0.211. The monoisotopic (exact) mass is 494 g/mol. The van der Waals surface area contributed by atoms with Gasteiger partial charge in [-0.05, 0) is 32.6 Å². The number of fused-ring (bicyclic) bond motifs is 4. The van der Waals surface area contributed by atoms with E-state index in [0.29, 0.717) is 0 Å². The fraction of sp³-hybridized carbons (Fsp3) is 0.500. The van der Waals surface area contributed by atoms with Gasteiger partial charge in [0.1, 0.15) is 22.7 Å². The minimum atomic E-state index is -3.16. The molecule has 0 spiro atoms. The lowest BCUT2D eigenvalue weighted by Gasteiger charge is -2.59. The van der Waals surface area contributed by atoms with Crippen LogP contribution >= 0.6 is 11.6 Å². The van der Waals surface area contributed by atoms with Gasteiger partial charge in [-0.1, -0.05) is 12.1 Å². The Morgan fingerprint density at radius 2 is 1.82 bits per heavy atom. The van der Waals surface area contributed by atoms with Crippen molar-refractivity contribution in [3.8, 4) is 5.75 Å². The number of benzene rings is 1. The summed E-state index contributed by atoms with van der Waals surface area (Å²) in [6.07, 6.45) is -1.82. The Kier molecular flexibility index (Phi) is 4.34. The molecule has 7 N–H and O–H groups in total. The smallest absolute Gasteiger partial charge is 0.255 e. The van der Waals surface area contributed by atoms with Gasteiger partial charge in [0.15, 0.2) is 22.0 Å². The van der Waals surface area contributed by atoms with E-state index in [4.69, 9.17) is 22.1 Å². The molecule has 3 unspecified atom stereocenters. The van der Waals surface area contributed by atoms with Gasteiger partial charge in [-0.2, -0.15) is 0 Å². The maximum Gasteiger partial charge on any atom is 0.255 e. The number of hydrogen-bond donors (Lipinski definition) is 6. The minimum Gasteiger partial charge on any atom is -0.508 e. The third kappa shape index (κ3) is 2.07. The fourth-order valence-corrected chi connectivity index (χ4v) is 7.28. The first-order valence-electron chi connectivity index (χ1n) is 10.5. The topological polar surface area (TPSA) is 191 Å². The summed E-state index contributed by atoms with van der Waals surface area (Å²) in [5.74, 6) is -11.6. The molecule has 1 aromatic rings. The molecule has 12 heteroatoms. The summed E-state index contributed by atoms with van der Waals surface area (Å²) in [5, 5.41) is 57.1. The van der Waals surface area contributed by atoms with Gasteiger partial charge in [-0.3, -0.25) is 19.3 Å². The minimum absolute atomic E-state index is 0.0855. The van der Waals surface area contributed by atoms with Crippen molar-refractivity contribution in [1.29, 1.82) is 0 Å². The Morgan fingerprint density at radius 1 is 1.21 bits per heavy atom. The molecule has 1 aromatic carbocycles. The van der Waals surface area contributed by atoms with Crippen LogP contribution in [-0.4, -0.2) is 90.4 Å². The molecule has 11 nitrogen and oxygen atoms in total. The van der Waals surface area contributed by atoms with E-state index in [1.54, 1.807) is 0 Å². The third-order valence-corrected chi connectivity index (χ3v) is 8.64. The Hall–Kier alpha value is -2.54. The lowest BCUT2D eigenvalue weighted by atomic mass is 9.50. The van der Waals surface area contributed by atoms with Crippen LogP contribution in [0.3, 0.4) is 0 Å². The number of amides is 1. The molecule has 5 rings (SSSR count). The molecule has 1 saturated carbocycles. The zero-order valence-corrected chi connectivity index (χ0v) is 19.1. The van der Waals surface area contributed by atoms with Crippen LogP contribution in [0.4, 0.5) is 0 Å². The number of alkyl halides is 1. The van der Waals surface area contributed by atoms with Crippen molar-refractivity contribution in [1.82, 2.24) is 4.90 Å². The Labute approximate surface area is 198 Å². The van der Waals surface area contributed by atoms with Crippen molar-refractivity contribution in [2.75, 3.05) is 14.1 Å². The number of aromatic hydroxyl groups is 1. The molecule has 0 radical (unpaired) electrons. The number of carbonyl (C=O) groups is 3. The summed E-state index contributed by atoms with van der Waals surface area (Å²) in [6, 6.07) is 2.63. The Morgan fingerprint density at radius 3 is 2.38 bits per heavy atom. The van der Waals surface area contributed by atoms with Gasteiger partial charge < -0.3 is 36.0 Å². The SMILES string of the molecule is CN(C)[C@@H]1C(=O)C(C(N)=O)=C(O)[C@]2(O)[C@H]1C(O)C1C3(Cl)C(=O)c4c(O)cccc4[C@@]1(C)O[C@@]32O. The number of primary amides is 1. The molecule has 3 aliphatic carbocycles. The van der Waals surface area contributed by atoms with Gasteiger partial charge >= 0.3 is 0 Å². The van der Waals surface area contributed by atoms with E-state index in [-0.39, 0.29) is 11.1 Å². The standard InChI is InChI=1S/C22H23ClN2O9/c1-19-7-5-4-6-8(26)9(7)16(29)20(23)15(19)14(28)11-12(25(2)3)13(27)10(18(24)31)17(30)21(11,32)22(20,33)34-19/h4-6,11-12,14-15,26,28,30,32-33H,1-3H3,(H2,24,31)/t11-,12+,14?,15?,19-,20?,21-,22+/m1/s1. The number of nitrogens with two attached hydrogens (primary N) is 1. The van der Waals surface area contributed by atoms with Crippen molar-refractivity contribution >= 4 is 29.1 Å². The highest BCUT2D eigenvalue weighted by Gasteiger charge is 2.90. The molecule has 1 heterocycles. The van der Waals surface area contributed by atoms with Crippen LogP contribution < -0.4 is 5.73 Å². The number of carbonyl (C=O) groups excluding carboxylic acids is 3. The molecule has 8 atom stereocenters. The first-order valence-corrected chi connectivity index (χ1v) is 10.8. The fourth-order valence-electron chi connectivity index (χ4n) is 6.67. The molecule has 2 fully saturated rings. The molecule has 34 heavy (non-hydrogen) atoms. The number of aliphatic hydroxyl groups excluding tert-OH is 2. The maximum absolute atomic E-state index is 13.7. The zero-order valence-electron chi connectivity index (χ0n) is 18.3. The Balaban J connectivity index is 1.91. The molecule has 4 bridgehead atoms. The van der Waals surface area contributed by atoms with Gasteiger partial charge in [0.25, 0.3) is 5.91 Å². The molecular formula is C22H23ClN2O9. The highest BCUT2D eigenvalue weighted by molar-refractivity contribution is 6.41. The molecule has 182 valence electrons. The number of halogens is 1. The van der Waals surface area contributed by atoms with E-state index in [0.717, 1.165) is 0 Å². The lowest BCUT2D eigenvalue weighted by Crippen LogP contribution is -2.81. The second-order valence-corrected chi connectivity index (χ2v) is 10.3. The molecular weight excluding hydrogens is 472 g/mol. The van der Waals surface area contributed by atoms with Gasteiger partial charge in [-0.15, -0.1) is 11.6 Å². The number of nitrogens with zero attached hydrogens (tertiary/aromatic N) is 1. The third-order valence-electron chi connectivity index (χ3n) is 7.97. The second kappa shape index (κ2) is 6.36. The summed E-state index contributed by atoms with van der Waals surface area (Å²) in [5.41, 5.74) is -0.775. The number of hydrogen-bond acceptors (Lipinski definition) is 10. The van der Waals surface area contributed by atoms with E-state index in [9.17, 15) is 39.9 Å². The number of aliphatic hydroxyl groups is 4. The van der Waals surface area contributed by atoms with Crippen LogP contribution in [0.15, 0.2) is 29.5 Å². The maximum atomic E-state index is 13.7. The highest BCUT2D eigenvalue weighted by Crippen LogP contribution is 2.72. The summed E-state index contributed by atoms with van der Waals surface area (Å²) in [7, 11) is 2.85. The van der Waals surface area contributed by atoms with Crippen molar-refractivity contribution < 1.29 is 44.7 Å². The van der Waals surface area contributed by atoms with Gasteiger partial charge in [0, 0.05) is 5.92 Å². The number of ether oxygens (including phenoxy) is 1. The van der Waals surface area contributed by atoms with Crippen LogP contribution in [0.2, 0.25) is 0 Å². The average molecular weight is 495 g/mol. The average Bonchev–Trinajstić information content (AvgIpc) is 2.85. The second-order valence-electron chi connectivity index (χ2n) is 9.71. The van der Waals surface area contributed by atoms with E-state index in [1.165, 1.54) is 44.1 Å². The summed E-state index contributed by atoms with van der Waals surface area (Å²) >= 11 is 6.81. The Bertz CT molecular complexity index is 1230. The number of likely N-dealkylation sites (N-methyl/N-ethyl adjacent to an activating group) is 1. The highest BCUT2D eigenvalue weighted by atomic mass is 35.5. The summed E-state index contributed by atoms with van der Waals surface area (Å²) in [4.78, 5) is 37.7. The van der Waals surface area contributed by atoms with Crippen molar-refractivity contribution in [2.24, 2.45) is 17.6 Å². The van der Waals surface area contributed by atoms with E-state index < -0.39 is 80.4 Å². The van der Waals surface area contributed by atoms with Crippen LogP contribution in [0, 0.1) is 11.8 Å². The van der Waals surface area contributed by atoms with Gasteiger partial charge in [-0.25, -0.2) is 0 Å². The number of phenols is 1. The number of Topliss-reactive ketones (excluding diaryl/α,β-unsaturated/α-hetero) is 2.